The molecule has 0 bridgehead atoms. The average Bonchev–Trinajstić information content (AvgIpc) is 4.04. The minimum absolute atomic E-state index is 0.00418. The van der Waals surface area contributed by atoms with Crippen LogP contribution in [0.15, 0.2) is 119 Å². The third-order valence-electron chi connectivity index (χ3n) is 15.5. The van der Waals surface area contributed by atoms with Crippen LogP contribution in [0.5, 0.6) is 0 Å². The van der Waals surface area contributed by atoms with Crippen LogP contribution in [0, 0.1) is 11.8 Å². The Bertz CT molecular complexity index is 2550. The van der Waals surface area contributed by atoms with Crippen molar-refractivity contribution in [3.05, 3.63) is 131 Å². The van der Waals surface area contributed by atoms with E-state index in [1.807, 2.05) is 139 Å². The van der Waals surface area contributed by atoms with Crippen LogP contribution in [0.3, 0.4) is 0 Å². The molecule has 10 atom stereocenters. The van der Waals surface area contributed by atoms with E-state index < -0.39 is 59.8 Å². The molecule has 4 aromatic rings. The number of aliphatic hydroxyl groups is 2. The van der Waals surface area contributed by atoms with Crippen LogP contribution < -0.4 is 10.6 Å². The van der Waals surface area contributed by atoms with Crippen molar-refractivity contribution in [1.82, 2.24) is 20.4 Å². The summed E-state index contributed by atoms with van der Waals surface area (Å²) >= 11 is 2.81. The predicted molar refractivity (Wildman–Crippen MR) is 315 cm³/mol. The summed E-state index contributed by atoms with van der Waals surface area (Å²) in [6, 6.07) is 31.8. The number of hydrogen-bond acceptors (Lipinski definition) is 12. The summed E-state index contributed by atoms with van der Waals surface area (Å²) < 4.78 is 11.5. The first-order valence-corrected chi connectivity index (χ1v) is 30.6. The first-order valence-electron chi connectivity index (χ1n) is 28.6. The van der Waals surface area contributed by atoms with Crippen molar-refractivity contribution in [2.45, 2.75) is 202 Å². The standard InChI is InChI=1S/2C32H42N2O5S/c2*1-21(35)24-15-9-11-17-29(24)40-20-28(36)25(18-22-12-6-5-7-13-22)33-30(37)27-19-23-14-8-10-16-26(23)34(27)31(38)39-32(2,3)4/h2*5-7,9,11-13,15,17,23,25-28,36H,8,10,14,16,18-20H2,1-4H3,(H,33,37)/t23-,25+,26-,27-,28+;23-,25-,26-,27-,28-/m10/s1. The third kappa shape index (κ3) is 17.2. The number of ketones is 2. The lowest BCUT2D eigenvalue weighted by molar-refractivity contribution is -0.128. The Morgan fingerprint density at radius 1 is 0.525 bits per heavy atom. The Kier molecular flexibility index (Phi) is 21.9. The largest absolute Gasteiger partial charge is 0.444 e. The Morgan fingerprint density at radius 3 is 1.21 bits per heavy atom. The van der Waals surface area contributed by atoms with Crippen molar-refractivity contribution in [1.29, 1.82) is 0 Å². The topological polar surface area (TPSA) is 192 Å². The van der Waals surface area contributed by atoms with Gasteiger partial charge in [0, 0.05) is 44.5 Å². The Balaban J connectivity index is 0.000000231. The van der Waals surface area contributed by atoms with E-state index in [0.717, 1.165) is 72.3 Å². The van der Waals surface area contributed by atoms with Gasteiger partial charge in [0.2, 0.25) is 11.8 Å². The molecule has 4 amide bonds. The lowest BCUT2D eigenvalue weighted by Crippen LogP contribution is -2.55. The fraction of sp³-hybridized carbons (Fsp3) is 0.531. The van der Waals surface area contributed by atoms with Gasteiger partial charge in [-0.25, -0.2) is 9.59 Å². The van der Waals surface area contributed by atoms with Crippen LogP contribution in [0.1, 0.15) is 151 Å². The fourth-order valence-corrected chi connectivity index (χ4v) is 14.0. The number of fused-ring (bicyclic) bond motifs is 2. The molecule has 14 nitrogen and oxygen atoms in total. The maximum absolute atomic E-state index is 13.9. The van der Waals surface area contributed by atoms with Crippen LogP contribution in [0.25, 0.3) is 0 Å². The van der Waals surface area contributed by atoms with Gasteiger partial charge >= 0.3 is 12.2 Å². The summed E-state index contributed by atoms with van der Waals surface area (Å²) in [5, 5.41) is 29.0. The van der Waals surface area contributed by atoms with Gasteiger partial charge in [-0.2, -0.15) is 0 Å². The molecule has 0 aromatic heterocycles. The fourth-order valence-electron chi connectivity index (χ4n) is 11.8. The first kappa shape index (κ1) is 61.9. The monoisotopic (exact) mass is 1130 g/mol. The smallest absolute Gasteiger partial charge is 0.411 e. The van der Waals surface area contributed by atoms with Crippen molar-refractivity contribution in [3.63, 3.8) is 0 Å². The quantitative estimate of drug-likeness (QED) is 0.0545. The molecule has 2 aliphatic carbocycles. The molecule has 432 valence electrons. The molecule has 2 saturated carbocycles. The number of rotatable bonds is 18. The van der Waals surface area contributed by atoms with Gasteiger partial charge in [0.25, 0.3) is 0 Å². The summed E-state index contributed by atoms with van der Waals surface area (Å²) in [6.45, 7) is 14.1. The predicted octanol–water partition coefficient (Wildman–Crippen LogP) is 11.3. The Labute approximate surface area is 482 Å². The summed E-state index contributed by atoms with van der Waals surface area (Å²) in [5.74, 6) is 0.569. The SMILES string of the molecule is CC(=O)c1ccccc1SC[C@H](O)[C@H](Cc1ccccc1)NC(=O)[C@@H]1C[C@@H]2CCCC[C@@H]2N1C(=O)OC(C)(C)C.CC(=O)c1ccccc1SC[C@H](O)[C@H](Cc1ccccc1)NC(=O)[C@H]1C[C@H]2CCCC[C@H]2N1C(=O)OC(C)(C)C. The second-order valence-corrected chi connectivity index (χ2v) is 26.1. The number of hydrogen-bond donors (Lipinski definition) is 4. The van der Waals surface area contributed by atoms with Gasteiger partial charge in [-0.05, 0) is 142 Å². The van der Waals surface area contributed by atoms with E-state index in [1.165, 1.54) is 37.4 Å². The number of nitrogens with zero attached hydrogens (tertiary/aromatic N) is 2. The molecule has 0 radical (unpaired) electrons. The Hall–Kier alpha value is -5.68. The van der Waals surface area contributed by atoms with Gasteiger partial charge < -0.3 is 30.3 Å². The van der Waals surface area contributed by atoms with Crippen LogP contribution in [-0.2, 0) is 31.9 Å². The summed E-state index contributed by atoms with van der Waals surface area (Å²) in [7, 11) is 0. The molecule has 0 unspecified atom stereocenters. The number of Topliss-reactive ketones (excluding diaryl/α,β-unsaturated/α-hetero) is 2. The van der Waals surface area contributed by atoms with Crippen LogP contribution in [0.4, 0.5) is 9.59 Å². The zero-order valence-corrected chi connectivity index (χ0v) is 49.6. The minimum Gasteiger partial charge on any atom is -0.444 e. The number of likely N-dealkylation sites (tertiary alicyclic amines) is 2. The zero-order chi connectivity index (χ0) is 57.7. The Morgan fingerprint density at radius 2 is 0.863 bits per heavy atom. The molecule has 2 aliphatic heterocycles. The van der Waals surface area contributed by atoms with Crippen molar-refractivity contribution in [3.8, 4) is 0 Å². The van der Waals surface area contributed by atoms with E-state index >= 15 is 0 Å². The first-order chi connectivity index (χ1) is 38.1. The van der Waals surface area contributed by atoms with E-state index in [1.54, 1.807) is 21.9 Å². The molecule has 8 rings (SSSR count). The van der Waals surface area contributed by atoms with Gasteiger partial charge in [-0.15, -0.1) is 23.5 Å². The van der Waals surface area contributed by atoms with Crippen LogP contribution in [0.2, 0.25) is 0 Å². The molecule has 4 fully saturated rings. The van der Waals surface area contributed by atoms with Gasteiger partial charge in [-0.1, -0.05) is 123 Å². The second-order valence-electron chi connectivity index (χ2n) is 24.0. The molecule has 4 aromatic carbocycles. The van der Waals surface area contributed by atoms with Crippen molar-refractivity contribution in [2.75, 3.05) is 11.5 Å². The molecule has 2 heterocycles. The summed E-state index contributed by atoms with van der Waals surface area (Å²) in [5.41, 5.74) is 1.89. The van der Waals surface area contributed by atoms with E-state index in [0.29, 0.717) is 48.3 Å². The maximum atomic E-state index is 13.9. The highest BCUT2D eigenvalue weighted by Crippen LogP contribution is 2.42. The second kappa shape index (κ2) is 28.3. The number of amides is 4. The number of ether oxygens (including phenoxy) is 2. The number of benzene rings is 4. The summed E-state index contributed by atoms with van der Waals surface area (Å²) in [4.78, 5) is 83.5. The van der Waals surface area contributed by atoms with E-state index in [9.17, 15) is 39.0 Å². The zero-order valence-electron chi connectivity index (χ0n) is 47.9. The van der Waals surface area contributed by atoms with Gasteiger partial charge in [0.1, 0.15) is 23.3 Å². The van der Waals surface area contributed by atoms with Crippen molar-refractivity contribution >= 4 is 59.1 Å². The van der Waals surface area contributed by atoms with Gasteiger partial charge in [0.15, 0.2) is 11.6 Å². The van der Waals surface area contributed by atoms with E-state index in [4.69, 9.17) is 9.47 Å². The molecule has 4 aliphatic rings. The van der Waals surface area contributed by atoms with Gasteiger partial charge in [0.05, 0.1) is 24.3 Å². The molecule has 16 heteroatoms. The van der Waals surface area contributed by atoms with E-state index in [2.05, 4.69) is 10.6 Å². The minimum atomic E-state index is -0.882. The van der Waals surface area contributed by atoms with Crippen LogP contribution >= 0.6 is 23.5 Å². The highest BCUT2D eigenvalue weighted by Gasteiger charge is 2.51. The normalized spacial score (nSPS) is 22.2. The lowest BCUT2D eigenvalue weighted by Gasteiger charge is -2.35. The molecular weight excluding hydrogens is 1050 g/mol. The number of thioether (sulfide) groups is 2. The van der Waals surface area contributed by atoms with Crippen LogP contribution in [-0.4, -0.2) is 127 Å². The number of carbonyl (C=O) groups is 6. The lowest BCUT2D eigenvalue weighted by atomic mass is 9.85. The highest BCUT2D eigenvalue weighted by molar-refractivity contribution is 7.99. The van der Waals surface area contributed by atoms with Crippen molar-refractivity contribution < 1.29 is 48.5 Å². The average molecular weight is 1130 g/mol. The molecule has 80 heavy (non-hydrogen) atoms. The summed E-state index contributed by atoms with van der Waals surface area (Å²) in [6.07, 6.45) is 7.43. The number of nitrogens with one attached hydrogen (secondary N) is 2. The molecular formula is C64H84N4O10S2. The highest BCUT2D eigenvalue weighted by atomic mass is 32.2. The van der Waals surface area contributed by atoms with Crippen molar-refractivity contribution in [2.24, 2.45) is 11.8 Å². The number of carbonyl (C=O) groups excluding carboxylic acids is 6. The molecule has 4 N–H and O–H groups in total. The molecule has 2 saturated heterocycles. The maximum Gasteiger partial charge on any atom is 0.411 e. The van der Waals surface area contributed by atoms with Gasteiger partial charge in [-0.3, -0.25) is 29.0 Å². The van der Waals surface area contributed by atoms with E-state index in [-0.39, 0.29) is 47.3 Å². The number of aliphatic hydroxyl groups excluding tert-OH is 2. The molecule has 0 spiro atoms. The third-order valence-corrected chi connectivity index (χ3v) is 17.9.